The first-order valence-corrected chi connectivity index (χ1v) is 8.96. The van der Waals surface area contributed by atoms with Gasteiger partial charge in [-0.25, -0.2) is 0 Å². The Morgan fingerprint density at radius 2 is 2.12 bits per heavy atom. The number of carbonyl (C=O) groups excluding carboxylic acids is 1. The maximum absolute atomic E-state index is 12.5. The van der Waals surface area contributed by atoms with Gasteiger partial charge in [0.1, 0.15) is 5.76 Å². The van der Waals surface area contributed by atoms with Crippen LogP contribution in [0.1, 0.15) is 52.0 Å². The normalized spacial score (nSPS) is 13.8. The molecule has 4 rings (SSSR count). The van der Waals surface area contributed by atoms with Crippen molar-refractivity contribution in [1.29, 1.82) is 0 Å². The molecular formula is C19H19ClN4O2. The van der Waals surface area contributed by atoms with E-state index >= 15 is 0 Å². The molecule has 2 aromatic heterocycles. The Morgan fingerprint density at radius 1 is 1.35 bits per heavy atom. The van der Waals surface area contributed by atoms with Gasteiger partial charge >= 0.3 is 0 Å². The predicted octanol–water partition coefficient (Wildman–Crippen LogP) is 4.32. The molecule has 1 fully saturated rings. The van der Waals surface area contributed by atoms with Crippen LogP contribution in [-0.4, -0.2) is 20.8 Å². The molecule has 7 heteroatoms. The van der Waals surface area contributed by atoms with Crippen LogP contribution >= 0.6 is 11.6 Å². The third-order valence-corrected chi connectivity index (χ3v) is 5.01. The van der Waals surface area contributed by atoms with E-state index in [1.54, 1.807) is 6.07 Å². The highest BCUT2D eigenvalue weighted by Crippen LogP contribution is 2.40. The van der Waals surface area contributed by atoms with E-state index in [0.29, 0.717) is 28.9 Å². The molecule has 1 amide bonds. The fourth-order valence-electron chi connectivity index (χ4n) is 2.95. The van der Waals surface area contributed by atoms with Gasteiger partial charge in [0, 0.05) is 17.0 Å². The maximum atomic E-state index is 12.5. The minimum atomic E-state index is -0.288. The van der Waals surface area contributed by atoms with Crippen LogP contribution in [0.4, 0.5) is 5.69 Å². The van der Waals surface area contributed by atoms with Gasteiger partial charge in [-0.3, -0.25) is 9.48 Å². The van der Waals surface area contributed by atoms with E-state index in [1.807, 2.05) is 42.8 Å². The van der Waals surface area contributed by atoms with Crippen LogP contribution in [0.15, 0.2) is 34.9 Å². The number of hydrogen-bond donors (Lipinski definition) is 1. The van der Waals surface area contributed by atoms with Crippen molar-refractivity contribution in [3.8, 4) is 0 Å². The number of halogens is 1. The molecule has 6 nitrogen and oxygen atoms in total. The van der Waals surface area contributed by atoms with Gasteiger partial charge in [-0.05, 0) is 38.3 Å². The van der Waals surface area contributed by atoms with Gasteiger partial charge in [0.2, 0.25) is 0 Å². The van der Waals surface area contributed by atoms with Crippen molar-refractivity contribution in [3.63, 3.8) is 0 Å². The number of aryl methyl sites for hydroxylation is 1. The van der Waals surface area contributed by atoms with Crippen molar-refractivity contribution < 1.29 is 9.32 Å². The molecule has 0 aliphatic heterocycles. The summed E-state index contributed by atoms with van der Waals surface area (Å²) in [6.07, 6.45) is 2.20. The number of hydrogen-bond acceptors (Lipinski definition) is 4. The molecular weight excluding hydrogens is 352 g/mol. The second-order valence-electron chi connectivity index (χ2n) is 6.64. The number of anilines is 1. The summed E-state index contributed by atoms with van der Waals surface area (Å²) in [6, 6.07) is 9.38. The van der Waals surface area contributed by atoms with Crippen molar-refractivity contribution in [2.24, 2.45) is 0 Å². The van der Waals surface area contributed by atoms with Crippen molar-refractivity contribution in [1.82, 2.24) is 14.9 Å². The van der Waals surface area contributed by atoms with E-state index in [9.17, 15) is 4.79 Å². The van der Waals surface area contributed by atoms with Gasteiger partial charge in [0.15, 0.2) is 5.69 Å². The second-order valence-corrected chi connectivity index (χ2v) is 7.04. The Bertz CT molecular complexity index is 972. The van der Waals surface area contributed by atoms with E-state index in [-0.39, 0.29) is 5.91 Å². The lowest BCUT2D eigenvalue weighted by Gasteiger charge is -2.07. The van der Waals surface area contributed by atoms with Crippen LogP contribution in [-0.2, 0) is 6.54 Å². The Balaban J connectivity index is 1.54. The van der Waals surface area contributed by atoms with E-state index in [0.717, 1.165) is 35.6 Å². The van der Waals surface area contributed by atoms with E-state index in [2.05, 4.69) is 15.6 Å². The molecule has 1 N–H and O–H groups in total. The van der Waals surface area contributed by atoms with Crippen LogP contribution in [0.2, 0.25) is 5.02 Å². The maximum Gasteiger partial charge on any atom is 0.277 e. The van der Waals surface area contributed by atoms with Gasteiger partial charge in [0.25, 0.3) is 5.91 Å². The Kier molecular flexibility index (Phi) is 4.28. The first-order valence-electron chi connectivity index (χ1n) is 8.58. The van der Waals surface area contributed by atoms with Crippen LogP contribution in [0, 0.1) is 13.8 Å². The third-order valence-electron chi connectivity index (χ3n) is 4.64. The Hall–Kier alpha value is -2.60. The highest BCUT2D eigenvalue weighted by molar-refractivity contribution is 6.31. The first-order chi connectivity index (χ1) is 12.5. The standard InChI is InChI=1S/C19H19ClN4O2/c1-11-18(21-19(25)16-9-17(26-23-16)13-7-8-13)12(2)24(22-11)10-14-5-3-4-6-15(14)20/h3-6,9,13H,7-8,10H2,1-2H3,(H,21,25). The topological polar surface area (TPSA) is 73.0 Å². The lowest BCUT2D eigenvalue weighted by atomic mass is 10.2. The smallest absolute Gasteiger partial charge is 0.277 e. The monoisotopic (exact) mass is 370 g/mol. The lowest BCUT2D eigenvalue weighted by molar-refractivity contribution is 0.101. The zero-order chi connectivity index (χ0) is 18.3. The number of nitrogens with zero attached hydrogens (tertiary/aromatic N) is 3. The minimum absolute atomic E-state index is 0.288. The minimum Gasteiger partial charge on any atom is -0.360 e. The summed E-state index contributed by atoms with van der Waals surface area (Å²) >= 11 is 6.24. The molecule has 134 valence electrons. The van der Waals surface area contributed by atoms with Gasteiger partial charge < -0.3 is 9.84 Å². The van der Waals surface area contributed by atoms with Crippen molar-refractivity contribution in [2.45, 2.75) is 39.2 Å². The summed E-state index contributed by atoms with van der Waals surface area (Å²) in [4.78, 5) is 12.5. The molecule has 0 atom stereocenters. The van der Waals surface area contributed by atoms with Gasteiger partial charge in [-0.1, -0.05) is 35.0 Å². The average Bonchev–Trinajstić information content (AvgIpc) is 3.30. The Morgan fingerprint density at radius 3 is 2.85 bits per heavy atom. The lowest BCUT2D eigenvalue weighted by Crippen LogP contribution is -2.13. The molecule has 0 saturated heterocycles. The van der Waals surface area contributed by atoms with Crippen LogP contribution in [0.25, 0.3) is 0 Å². The molecule has 1 aliphatic carbocycles. The molecule has 1 saturated carbocycles. The molecule has 0 unspecified atom stereocenters. The van der Waals surface area contributed by atoms with Crippen molar-refractivity contribution in [2.75, 3.05) is 5.32 Å². The fourth-order valence-corrected chi connectivity index (χ4v) is 3.15. The number of rotatable bonds is 5. The highest BCUT2D eigenvalue weighted by Gasteiger charge is 2.29. The van der Waals surface area contributed by atoms with Crippen LogP contribution in [0.5, 0.6) is 0 Å². The zero-order valence-electron chi connectivity index (χ0n) is 14.6. The molecule has 1 aliphatic rings. The van der Waals surface area contributed by atoms with Crippen molar-refractivity contribution in [3.05, 3.63) is 63.8 Å². The highest BCUT2D eigenvalue weighted by atomic mass is 35.5. The largest absolute Gasteiger partial charge is 0.360 e. The van der Waals surface area contributed by atoms with E-state index in [1.165, 1.54) is 0 Å². The number of aromatic nitrogens is 3. The molecule has 0 radical (unpaired) electrons. The summed E-state index contributed by atoms with van der Waals surface area (Å²) in [5, 5.41) is 12.0. The molecule has 26 heavy (non-hydrogen) atoms. The number of benzene rings is 1. The zero-order valence-corrected chi connectivity index (χ0v) is 15.4. The number of nitrogens with one attached hydrogen (secondary N) is 1. The third kappa shape index (κ3) is 3.24. The molecule has 1 aromatic carbocycles. The second kappa shape index (κ2) is 6.61. The summed E-state index contributed by atoms with van der Waals surface area (Å²) in [5.74, 6) is 0.924. The summed E-state index contributed by atoms with van der Waals surface area (Å²) in [7, 11) is 0. The Labute approximate surface area is 156 Å². The number of carbonyl (C=O) groups is 1. The molecule has 0 spiro atoms. The van der Waals surface area contributed by atoms with E-state index < -0.39 is 0 Å². The summed E-state index contributed by atoms with van der Waals surface area (Å²) in [5.41, 5.74) is 3.57. The van der Waals surface area contributed by atoms with Crippen LogP contribution in [0.3, 0.4) is 0 Å². The fraction of sp³-hybridized carbons (Fsp3) is 0.316. The van der Waals surface area contributed by atoms with Gasteiger partial charge in [-0.2, -0.15) is 5.10 Å². The van der Waals surface area contributed by atoms with E-state index in [4.69, 9.17) is 16.1 Å². The van der Waals surface area contributed by atoms with Gasteiger partial charge in [0.05, 0.1) is 23.6 Å². The SMILES string of the molecule is Cc1nn(Cc2ccccc2Cl)c(C)c1NC(=O)c1cc(C2CC2)on1. The predicted molar refractivity (Wildman–Crippen MR) is 98.7 cm³/mol. The first kappa shape index (κ1) is 16.8. The average molecular weight is 371 g/mol. The molecule has 3 aromatic rings. The quantitative estimate of drug-likeness (QED) is 0.725. The van der Waals surface area contributed by atoms with Gasteiger partial charge in [-0.15, -0.1) is 0 Å². The molecule has 2 heterocycles. The summed E-state index contributed by atoms with van der Waals surface area (Å²) in [6.45, 7) is 4.33. The number of amides is 1. The van der Waals surface area contributed by atoms with Crippen LogP contribution < -0.4 is 5.32 Å². The van der Waals surface area contributed by atoms with Crippen molar-refractivity contribution >= 4 is 23.2 Å². The summed E-state index contributed by atoms with van der Waals surface area (Å²) < 4.78 is 7.10. The molecule has 0 bridgehead atoms.